The van der Waals surface area contributed by atoms with E-state index in [2.05, 4.69) is 41.4 Å². The molecule has 1 saturated heterocycles. The van der Waals surface area contributed by atoms with Crippen LogP contribution in [0.5, 0.6) is 0 Å². The summed E-state index contributed by atoms with van der Waals surface area (Å²) in [7, 11) is 0. The van der Waals surface area contributed by atoms with Crippen LogP contribution in [-0.2, 0) is 0 Å². The minimum Gasteiger partial charge on any atom is -0.307 e. The fourth-order valence-corrected chi connectivity index (χ4v) is 2.55. The molecular weight excluding hydrogens is 212 g/mol. The molecule has 1 aliphatic heterocycles. The third kappa shape index (κ3) is 1.93. The van der Waals surface area contributed by atoms with Gasteiger partial charge in [-0.3, -0.25) is 0 Å². The number of rotatable bonds is 1. The molecule has 2 aromatic heterocycles. The quantitative estimate of drug-likeness (QED) is 0.816. The van der Waals surface area contributed by atoms with Crippen molar-refractivity contribution in [2.24, 2.45) is 0 Å². The molecule has 1 atom stereocenters. The van der Waals surface area contributed by atoms with Gasteiger partial charge < -0.3 is 5.32 Å². The lowest BCUT2D eigenvalue weighted by Gasteiger charge is -2.20. The second-order valence-corrected chi connectivity index (χ2v) is 4.92. The summed E-state index contributed by atoms with van der Waals surface area (Å²) in [4.78, 5) is 4.65. The molecule has 1 N–H and O–H groups in total. The average Bonchev–Trinajstić information content (AvgIpc) is 2.74. The molecule has 0 bridgehead atoms. The maximum atomic E-state index is 4.65. The molecule has 0 aromatic carbocycles. The van der Waals surface area contributed by atoms with Crippen LogP contribution in [0.25, 0.3) is 5.65 Å². The van der Waals surface area contributed by atoms with Gasteiger partial charge in [-0.1, -0.05) is 6.42 Å². The van der Waals surface area contributed by atoms with Crippen molar-refractivity contribution in [3.8, 4) is 0 Å². The monoisotopic (exact) mass is 230 g/mol. The Labute approximate surface area is 101 Å². The molecule has 0 spiro atoms. The topological polar surface area (TPSA) is 42.2 Å². The Morgan fingerprint density at radius 3 is 2.94 bits per heavy atom. The summed E-state index contributed by atoms with van der Waals surface area (Å²) in [6.07, 6.45) is 3.68. The maximum Gasteiger partial charge on any atom is 0.168 e. The minimum absolute atomic E-state index is 0.336. The van der Waals surface area contributed by atoms with E-state index in [0.29, 0.717) is 6.04 Å². The van der Waals surface area contributed by atoms with Gasteiger partial charge in [0.05, 0.1) is 6.04 Å². The first-order valence-electron chi connectivity index (χ1n) is 6.31. The number of nitrogens with zero attached hydrogens (tertiary/aromatic N) is 3. The van der Waals surface area contributed by atoms with Crippen molar-refractivity contribution >= 4 is 5.65 Å². The summed E-state index contributed by atoms with van der Waals surface area (Å²) in [5.41, 5.74) is 3.35. The molecule has 1 fully saturated rings. The van der Waals surface area contributed by atoms with Gasteiger partial charge in [-0.15, -0.1) is 5.10 Å². The highest BCUT2D eigenvalue weighted by atomic mass is 15.3. The molecule has 3 heterocycles. The van der Waals surface area contributed by atoms with Crippen LogP contribution in [0.3, 0.4) is 0 Å². The van der Waals surface area contributed by atoms with Crippen molar-refractivity contribution in [2.75, 3.05) is 6.54 Å². The van der Waals surface area contributed by atoms with Crippen LogP contribution in [-0.4, -0.2) is 21.1 Å². The summed E-state index contributed by atoms with van der Waals surface area (Å²) in [5.74, 6) is 0.943. The first kappa shape index (κ1) is 10.7. The average molecular weight is 230 g/mol. The van der Waals surface area contributed by atoms with Gasteiger partial charge in [-0.2, -0.15) is 0 Å². The van der Waals surface area contributed by atoms with Gasteiger partial charge in [0.25, 0.3) is 0 Å². The zero-order valence-corrected chi connectivity index (χ0v) is 10.4. The minimum atomic E-state index is 0.336. The molecule has 2 aromatic rings. The lowest BCUT2D eigenvalue weighted by molar-refractivity contribution is 0.397. The van der Waals surface area contributed by atoms with Crippen LogP contribution in [0.4, 0.5) is 0 Å². The van der Waals surface area contributed by atoms with Crippen LogP contribution in [0.15, 0.2) is 12.1 Å². The number of nitrogens with one attached hydrogen (secondary N) is 1. The first-order chi connectivity index (χ1) is 8.24. The van der Waals surface area contributed by atoms with Crippen LogP contribution in [0, 0.1) is 13.8 Å². The van der Waals surface area contributed by atoms with Gasteiger partial charge in [-0.25, -0.2) is 9.50 Å². The molecule has 17 heavy (non-hydrogen) atoms. The smallest absolute Gasteiger partial charge is 0.168 e. The van der Waals surface area contributed by atoms with E-state index in [1.807, 2.05) is 4.52 Å². The molecular formula is C13H18N4. The van der Waals surface area contributed by atoms with Crippen molar-refractivity contribution in [2.45, 2.75) is 39.2 Å². The standard InChI is InChI=1S/C13H18N4/c1-9-7-10(2)17-12(8-9)15-13(16-17)11-5-3-4-6-14-11/h7-8,11,14H,3-6H2,1-2H3. The van der Waals surface area contributed by atoms with Gasteiger partial charge in [0.1, 0.15) is 0 Å². The number of aromatic nitrogens is 3. The highest BCUT2D eigenvalue weighted by Crippen LogP contribution is 2.21. The largest absolute Gasteiger partial charge is 0.307 e. The Morgan fingerprint density at radius 2 is 2.18 bits per heavy atom. The highest BCUT2D eigenvalue weighted by Gasteiger charge is 2.19. The predicted octanol–water partition coefficient (Wildman–Crippen LogP) is 2.16. The number of piperidine rings is 1. The Bertz CT molecular complexity index is 538. The molecule has 0 saturated carbocycles. The first-order valence-corrected chi connectivity index (χ1v) is 6.31. The highest BCUT2D eigenvalue weighted by molar-refractivity contribution is 5.42. The Hall–Kier alpha value is -1.42. The van der Waals surface area contributed by atoms with E-state index >= 15 is 0 Å². The van der Waals surface area contributed by atoms with Crippen LogP contribution in [0.1, 0.15) is 42.4 Å². The molecule has 4 heteroatoms. The predicted molar refractivity (Wildman–Crippen MR) is 67.1 cm³/mol. The SMILES string of the molecule is Cc1cc(C)n2nc(C3CCCCN3)nc2c1. The number of aryl methyl sites for hydroxylation is 2. The molecule has 0 amide bonds. The Kier molecular flexibility index (Phi) is 2.59. The molecule has 3 rings (SSSR count). The molecule has 1 unspecified atom stereocenters. The van der Waals surface area contributed by atoms with Crippen molar-refractivity contribution in [1.82, 2.24) is 19.9 Å². The molecule has 0 aliphatic carbocycles. The summed E-state index contributed by atoms with van der Waals surface area (Å²) in [6.45, 7) is 5.26. The van der Waals surface area contributed by atoms with Crippen LogP contribution >= 0.6 is 0 Å². The lowest BCUT2D eigenvalue weighted by Crippen LogP contribution is -2.27. The number of hydrogen-bond acceptors (Lipinski definition) is 3. The Morgan fingerprint density at radius 1 is 1.29 bits per heavy atom. The van der Waals surface area contributed by atoms with Crippen LogP contribution in [0.2, 0.25) is 0 Å². The van der Waals surface area contributed by atoms with Crippen molar-refractivity contribution < 1.29 is 0 Å². The van der Waals surface area contributed by atoms with Gasteiger partial charge in [-0.05, 0) is 50.9 Å². The molecule has 0 radical (unpaired) electrons. The van der Waals surface area contributed by atoms with E-state index in [4.69, 9.17) is 0 Å². The van der Waals surface area contributed by atoms with Gasteiger partial charge in [0.15, 0.2) is 11.5 Å². The third-order valence-corrected chi connectivity index (χ3v) is 3.40. The summed E-state index contributed by atoms with van der Waals surface area (Å²) >= 11 is 0. The lowest BCUT2D eigenvalue weighted by atomic mass is 10.0. The second-order valence-electron chi connectivity index (χ2n) is 4.92. The van der Waals surface area contributed by atoms with E-state index < -0.39 is 0 Å². The van der Waals surface area contributed by atoms with Gasteiger partial charge in [0, 0.05) is 5.69 Å². The molecule has 4 nitrogen and oxygen atoms in total. The molecule has 1 aliphatic rings. The number of pyridine rings is 1. The van der Waals surface area contributed by atoms with E-state index in [-0.39, 0.29) is 0 Å². The maximum absolute atomic E-state index is 4.65. The summed E-state index contributed by atoms with van der Waals surface area (Å²) in [6, 6.07) is 4.56. The van der Waals surface area contributed by atoms with Crippen molar-refractivity contribution in [3.63, 3.8) is 0 Å². The van der Waals surface area contributed by atoms with E-state index in [1.54, 1.807) is 0 Å². The zero-order chi connectivity index (χ0) is 11.8. The number of hydrogen-bond donors (Lipinski definition) is 1. The second kappa shape index (κ2) is 4.11. The van der Waals surface area contributed by atoms with Crippen LogP contribution < -0.4 is 5.32 Å². The fourth-order valence-electron chi connectivity index (χ4n) is 2.55. The van der Waals surface area contributed by atoms with E-state index in [1.165, 1.54) is 18.4 Å². The summed E-state index contributed by atoms with van der Waals surface area (Å²) < 4.78 is 1.94. The number of fused-ring (bicyclic) bond motifs is 1. The van der Waals surface area contributed by atoms with E-state index in [0.717, 1.165) is 30.1 Å². The fraction of sp³-hybridized carbons (Fsp3) is 0.538. The zero-order valence-electron chi connectivity index (χ0n) is 10.4. The van der Waals surface area contributed by atoms with Gasteiger partial charge >= 0.3 is 0 Å². The summed E-state index contributed by atoms with van der Waals surface area (Å²) in [5, 5.41) is 8.11. The Balaban J connectivity index is 2.03. The van der Waals surface area contributed by atoms with Crippen molar-refractivity contribution in [3.05, 3.63) is 29.2 Å². The van der Waals surface area contributed by atoms with Crippen molar-refractivity contribution in [1.29, 1.82) is 0 Å². The van der Waals surface area contributed by atoms with E-state index in [9.17, 15) is 0 Å². The van der Waals surface area contributed by atoms with Gasteiger partial charge in [0.2, 0.25) is 0 Å². The molecule has 90 valence electrons. The third-order valence-electron chi connectivity index (χ3n) is 3.40. The normalized spacial score (nSPS) is 20.9.